The van der Waals surface area contributed by atoms with Crippen molar-refractivity contribution < 1.29 is 19.1 Å². The number of ether oxygens (including phenoxy) is 2. The summed E-state index contributed by atoms with van der Waals surface area (Å²) >= 11 is 0. The van der Waals surface area contributed by atoms with E-state index in [0.717, 1.165) is 12.8 Å². The van der Waals surface area contributed by atoms with E-state index in [1.807, 2.05) is 32.0 Å². The molecule has 0 amide bonds. The van der Waals surface area contributed by atoms with Crippen LogP contribution in [0.25, 0.3) is 0 Å². The Hall–Kier alpha value is -1.84. The molecule has 0 aliphatic rings. The molecule has 0 aliphatic heterocycles. The molecule has 0 atom stereocenters. The van der Waals surface area contributed by atoms with Gasteiger partial charge in [0.05, 0.1) is 13.2 Å². The van der Waals surface area contributed by atoms with Gasteiger partial charge in [-0.3, -0.25) is 9.59 Å². The minimum Gasteiger partial charge on any atom is -0.466 e. The summed E-state index contributed by atoms with van der Waals surface area (Å²) in [4.78, 5) is 22.9. The van der Waals surface area contributed by atoms with Gasteiger partial charge in [0, 0.05) is 12.8 Å². The van der Waals surface area contributed by atoms with Gasteiger partial charge in [-0.2, -0.15) is 0 Å². The number of rotatable bonds is 10. The highest BCUT2D eigenvalue weighted by Gasteiger charge is 2.08. The van der Waals surface area contributed by atoms with Crippen LogP contribution in [0.1, 0.15) is 45.1 Å². The Bertz CT molecular complexity index is 440. The quantitative estimate of drug-likeness (QED) is 0.490. The highest BCUT2D eigenvalue weighted by molar-refractivity contribution is 5.72. The molecule has 4 heteroatoms. The Morgan fingerprint density at radius 3 is 2.23 bits per heavy atom. The van der Waals surface area contributed by atoms with Gasteiger partial charge in [0.1, 0.15) is 0 Å². The Morgan fingerprint density at radius 2 is 1.59 bits per heavy atom. The molecule has 0 unspecified atom stereocenters. The molecule has 0 aliphatic carbocycles. The van der Waals surface area contributed by atoms with Gasteiger partial charge in [-0.15, -0.1) is 0 Å². The maximum absolute atomic E-state index is 11.5. The highest BCUT2D eigenvalue weighted by Crippen LogP contribution is 2.04. The third-order valence-electron chi connectivity index (χ3n) is 3.06. The van der Waals surface area contributed by atoms with Crippen LogP contribution in [0.15, 0.2) is 30.3 Å². The van der Waals surface area contributed by atoms with Gasteiger partial charge < -0.3 is 9.47 Å². The lowest BCUT2D eigenvalue weighted by molar-refractivity contribution is -0.146. The maximum Gasteiger partial charge on any atom is 0.305 e. The first kappa shape index (κ1) is 18.2. The van der Waals surface area contributed by atoms with Crippen molar-refractivity contribution in [1.29, 1.82) is 0 Å². The number of carbonyl (C=O) groups is 2. The molecule has 1 rings (SSSR count). The molecule has 1 aromatic rings. The molecule has 0 radical (unpaired) electrons. The highest BCUT2D eigenvalue weighted by atomic mass is 16.5. The lowest BCUT2D eigenvalue weighted by atomic mass is 10.1. The second-order valence-electron chi connectivity index (χ2n) is 5.74. The van der Waals surface area contributed by atoms with Crippen LogP contribution in [-0.4, -0.2) is 25.2 Å². The molecule has 4 nitrogen and oxygen atoms in total. The van der Waals surface area contributed by atoms with Gasteiger partial charge >= 0.3 is 11.9 Å². The summed E-state index contributed by atoms with van der Waals surface area (Å²) in [6.45, 7) is 4.83. The Labute approximate surface area is 132 Å². The fourth-order valence-corrected chi connectivity index (χ4v) is 1.89. The molecule has 122 valence electrons. The summed E-state index contributed by atoms with van der Waals surface area (Å²) in [7, 11) is 0. The first-order valence-corrected chi connectivity index (χ1v) is 7.93. The first-order chi connectivity index (χ1) is 10.6. The third kappa shape index (κ3) is 9.16. The van der Waals surface area contributed by atoms with Crippen molar-refractivity contribution in [2.75, 3.05) is 13.2 Å². The van der Waals surface area contributed by atoms with E-state index < -0.39 is 0 Å². The molecular formula is C18H26O4. The van der Waals surface area contributed by atoms with E-state index >= 15 is 0 Å². The second kappa shape index (κ2) is 10.8. The fraction of sp³-hybridized carbons (Fsp3) is 0.556. The predicted octanol–water partition coefficient (Wildman–Crippen LogP) is 3.53. The topological polar surface area (TPSA) is 52.6 Å². The Balaban J connectivity index is 2.00. The predicted molar refractivity (Wildman–Crippen MR) is 85.4 cm³/mol. The molecule has 1 aromatic carbocycles. The average molecular weight is 306 g/mol. The zero-order valence-corrected chi connectivity index (χ0v) is 13.5. The zero-order valence-electron chi connectivity index (χ0n) is 13.5. The minimum absolute atomic E-state index is 0.245. The lowest BCUT2D eigenvalue weighted by Crippen LogP contribution is -2.11. The van der Waals surface area contributed by atoms with Crippen LogP contribution in [0.5, 0.6) is 0 Å². The van der Waals surface area contributed by atoms with Crippen LogP contribution in [0, 0.1) is 5.92 Å². The van der Waals surface area contributed by atoms with Gasteiger partial charge in [0.2, 0.25) is 0 Å². The van der Waals surface area contributed by atoms with Gasteiger partial charge in [0.25, 0.3) is 0 Å². The summed E-state index contributed by atoms with van der Waals surface area (Å²) in [5.74, 6) is -0.158. The summed E-state index contributed by atoms with van der Waals surface area (Å²) in [5.41, 5.74) is 1.24. The van der Waals surface area contributed by atoms with Crippen LogP contribution >= 0.6 is 0 Å². The van der Waals surface area contributed by atoms with E-state index in [1.54, 1.807) is 0 Å². The number of hydrogen-bond acceptors (Lipinski definition) is 4. The van der Waals surface area contributed by atoms with Crippen LogP contribution in [-0.2, 0) is 25.5 Å². The van der Waals surface area contributed by atoms with Crippen molar-refractivity contribution in [3.63, 3.8) is 0 Å². The fourth-order valence-electron chi connectivity index (χ4n) is 1.89. The monoisotopic (exact) mass is 306 g/mol. The molecule has 0 aromatic heterocycles. The summed E-state index contributed by atoms with van der Waals surface area (Å²) in [6, 6.07) is 10.1. The van der Waals surface area contributed by atoms with Gasteiger partial charge in [-0.25, -0.2) is 0 Å². The van der Waals surface area contributed by atoms with E-state index in [2.05, 4.69) is 12.1 Å². The normalized spacial score (nSPS) is 10.5. The average Bonchev–Trinajstić information content (AvgIpc) is 2.50. The summed E-state index contributed by atoms with van der Waals surface area (Å²) < 4.78 is 10.2. The molecule has 22 heavy (non-hydrogen) atoms. The molecule has 0 heterocycles. The van der Waals surface area contributed by atoms with Crippen molar-refractivity contribution in [2.24, 2.45) is 5.92 Å². The molecule has 0 bridgehead atoms. The molecule has 0 saturated carbocycles. The smallest absolute Gasteiger partial charge is 0.305 e. The van der Waals surface area contributed by atoms with E-state index in [4.69, 9.17) is 9.47 Å². The summed E-state index contributed by atoms with van der Waals surface area (Å²) in [5, 5.41) is 0. The molecule has 0 N–H and O–H groups in total. The Morgan fingerprint density at radius 1 is 0.955 bits per heavy atom. The second-order valence-corrected chi connectivity index (χ2v) is 5.74. The van der Waals surface area contributed by atoms with E-state index in [0.29, 0.717) is 25.6 Å². The van der Waals surface area contributed by atoms with E-state index in [1.165, 1.54) is 5.56 Å². The van der Waals surface area contributed by atoms with Crippen molar-refractivity contribution >= 4 is 11.9 Å². The molecular weight excluding hydrogens is 280 g/mol. The van der Waals surface area contributed by atoms with Gasteiger partial charge in [-0.05, 0) is 30.7 Å². The number of hydrogen-bond donors (Lipinski definition) is 0. The standard InChI is InChI=1S/C18H26O4/c1-15(2)14-22-18(20)12-6-11-17(19)21-13-7-10-16-8-4-3-5-9-16/h3-5,8-9,15H,6-7,10-14H2,1-2H3. The van der Waals surface area contributed by atoms with E-state index in [9.17, 15) is 9.59 Å². The van der Waals surface area contributed by atoms with Crippen molar-refractivity contribution in [2.45, 2.75) is 46.0 Å². The minimum atomic E-state index is -0.246. The Kier molecular flexibility index (Phi) is 8.96. The van der Waals surface area contributed by atoms with Crippen LogP contribution in [0.4, 0.5) is 0 Å². The number of esters is 2. The zero-order chi connectivity index (χ0) is 16.2. The van der Waals surface area contributed by atoms with Gasteiger partial charge in [0.15, 0.2) is 0 Å². The van der Waals surface area contributed by atoms with Crippen molar-refractivity contribution in [3.8, 4) is 0 Å². The maximum atomic E-state index is 11.5. The first-order valence-electron chi connectivity index (χ1n) is 7.93. The lowest BCUT2D eigenvalue weighted by Gasteiger charge is -2.07. The molecule has 0 saturated heterocycles. The number of carbonyl (C=O) groups excluding carboxylic acids is 2. The number of aryl methyl sites for hydroxylation is 1. The summed E-state index contributed by atoms with van der Waals surface area (Å²) in [6.07, 6.45) is 2.73. The largest absolute Gasteiger partial charge is 0.466 e. The van der Waals surface area contributed by atoms with Gasteiger partial charge in [-0.1, -0.05) is 44.2 Å². The van der Waals surface area contributed by atoms with E-state index in [-0.39, 0.29) is 24.8 Å². The van der Waals surface area contributed by atoms with Crippen LogP contribution in [0.3, 0.4) is 0 Å². The van der Waals surface area contributed by atoms with Crippen LogP contribution < -0.4 is 0 Å². The number of benzene rings is 1. The van der Waals surface area contributed by atoms with Crippen molar-refractivity contribution in [3.05, 3.63) is 35.9 Å². The SMILES string of the molecule is CC(C)COC(=O)CCCC(=O)OCCCc1ccccc1. The van der Waals surface area contributed by atoms with Crippen molar-refractivity contribution in [1.82, 2.24) is 0 Å². The van der Waals surface area contributed by atoms with Crippen LogP contribution in [0.2, 0.25) is 0 Å². The molecule has 0 fully saturated rings. The molecule has 0 spiro atoms. The third-order valence-corrected chi connectivity index (χ3v) is 3.06.